The molecule has 2 rings (SSSR count). The summed E-state index contributed by atoms with van der Waals surface area (Å²) >= 11 is 5.64. The van der Waals surface area contributed by atoms with Crippen molar-refractivity contribution in [2.45, 2.75) is 25.3 Å². The zero-order valence-electron chi connectivity index (χ0n) is 8.64. The Morgan fingerprint density at radius 1 is 1.44 bits per heavy atom. The Bertz CT molecular complexity index is 382. The molecule has 6 heteroatoms. The molecular weight excluding hydrogens is 230 g/mol. The highest BCUT2D eigenvalue weighted by atomic mass is 35.5. The molecule has 0 aromatic carbocycles. The van der Waals surface area contributed by atoms with Crippen LogP contribution in [0.25, 0.3) is 0 Å². The molecule has 0 bridgehead atoms. The summed E-state index contributed by atoms with van der Waals surface area (Å²) in [4.78, 5) is 12.9. The van der Waals surface area contributed by atoms with Gasteiger partial charge in [0.15, 0.2) is 11.0 Å². The lowest BCUT2D eigenvalue weighted by Gasteiger charge is -2.33. The van der Waals surface area contributed by atoms with Crippen molar-refractivity contribution < 1.29 is 9.90 Å². The van der Waals surface area contributed by atoms with Crippen LogP contribution in [0, 0.1) is 0 Å². The number of carbonyl (C=O) groups is 1. The molecule has 5 nitrogen and oxygen atoms in total. The standard InChI is InChI=1S/C10H12ClN3O2/c11-8-4-5-9(13-12-8)14-6-2-1-3-7(14)10(15)16/h4-5,7H,1-3,6H2,(H,15,16)/t7-/m0/s1. The summed E-state index contributed by atoms with van der Waals surface area (Å²) in [5.74, 6) is -0.229. The molecule has 1 saturated heterocycles. The summed E-state index contributed by atoms with van der Waals surface area (Å²) in [6.07, 6.45) is 2.57. The van der Waals surface area contributed by atoms with Gasteiger partial charge in [0.2, 0.25) is 0 Å². The molecule has 1 aromatic heterocycles. The summed E-state index contributed by atoms with van der Waals surface area (Å²) < 4.78 is 0. The van der Waals surface area contributed by atoms with Crippen molar-refractivity contribution in [3.63, 3.8) is 0 Å². The topological polar surface area (TPSA) is 66.3 Å². The molecule has 16 heavy (non-hydrogen) atoms. The number of halogens is 1. The van der Waals surface area contributed by atoms with Crippen molar-refractivity contribution in [2.75, 3.05) is 11.4 Å². The molecule has 1 aliphatic heterocycles. The maximum atomic E-state index is 11.1. The number of aromatic nitrogens is 2. The number of nitrogens with zero attached hydrogens (tertiary/aromatic N) is 3. The lowest BCUT2D eigenvalue weighted by molar-refractivity contribution is -0.139. The Balaban J connectivity index is 2.23. The number of hydrogen-bond acceptors (Lipinski definition) is 4. The molecule has 0 spiro atoms. The smallest absolute Gasteiger partial charge is 0.326 e. The number of anilines is 1. The lowest BCUT2D eigenvalue weighted by atomic mass is 10.0. The predicted molar refractivity (Wildman–Crippen MR) is 59.7 cm³/mol. The van der Waals surface area contributed by atoms with E-state index in [4.69, 9.17) is 16.7 Å². The highest BCUT2D eigenvalue weighted by molar-refractivity contribution is 6.29. The van der Waals surface area contributed by atoms with E-state index in [1.165, 1.54) is 0 Å². The molecule has 1 aliphatic rings. The minimum absolute atomic E-state index is 0.313. The van der Waals surface area contributed by atoms with E-state index in [0.29, 0.717) is 23.9 Å². The van der Waals surface area contributed by atoms with Crippen LogP contribution in [0.3, 0.4) is 0 Å². The second-order valence-electron chi connectivity index (χ2n) is 3.76. The quantitative estimate of drug-likeness (QED) is 0.852. The van der Waals surface area contributed by atoms with Gasteiger partial charge in [0.05, 0.1) is 0 Å². The van der Waals surface area contributed by atoms with E-state index in [1.54, 1.807) is 17.0 Å². The molecule has 2 heterocycles. The van der Waals surface area contributed by atoms with E-state index in [2.05, 4.69) is 10.2 Å². The van der Waals surface area contributed by atoms with Crippen LogP contribution in [-0.4, -0.2) is 33.9 Å². The normalized spacial score (nSPS) is 20.8. The molecule has 0 unspecified atom stereocenters. The summed E-state index contributed by atoms with van der Waals surface area (Å²) in [6.45, 7) is 0.702. The summed E-state index contributed by atoms with van der Waals surface area (Å²) in [5.41, 5.74) is 0. The van der Waals surface area contributed by atoms with Gasteiger partial charge in [-0.2, -0.15) is 0 Å². The van der Waals surface area contributed by atoms with E-state index >= 15 is 0 Å². The second-order valence-corrected chi connectivity index (χ2v) is 4.14. The molecule has 0 radical (unpaired) electrons. The first-order valence-electron chi connectivity index (χ1n) is 5.17. The molecule has 1 aromatic rings. The number of hydrogen-bond donors (Lipinski definition) is 1. The third-order valence-corrected chi connectivity index (χ3v) is 2.90. The van der Waals surface area contributed by atoms with Gasteiger partial charge in [-0.1, -0.05) is 11.6 Å². The van der Waals surface area contributed by atoms with Crippen LogP contribution in [0.2, 0.25) is 5.15 Å². The van der Waals surface area contributed by atoms with Gasteiger partial charge >= 0.3 is 5.97 Å². The highest BCUT2D eigenvalue weighted by Crippen LogP contribution is 2.23. The SMILES string of the molecule is O=C(O)[C@@H]1CCCCN1c1ccc(Cl)nn1. The van der Waals surface area contributed by atoms with Gasteiger partial charge < -0.3 is 10.0 Å². The van der Waals surface area contributed by atoms with Gasteiger partial charge in [-0.3, -0.25) is 0 Å². The number of aliphatic carboxylic acids is 1. The Labute approximate surface area is 98.0 Å². The van der Waals surface area contributed by atoms with Gasteiger partial charge in [-0.05, 0) is 31.4 Å². The van der Waals surface area contributed by atoms with Crippen LogP contribution < -0.4 is 4.90 Å². The van der Waals surface area contributed by atoms with Crippen molar-refractivity contribution in [1.29, 1.82) is 0 Å². The third-order valence-electron chi connectivity index (χ3n) is 2.70. The summed E-state index contributed by atoms with van der Waals surface area (Å²) in [7, 11) is 0. The van der Waals surface area contributed by atoms with Gasteiger partial charge in [-0.25, -0.2) is 4.79 Å². The first-order valence-corrected chi connectivity index (χ1v) is 5.55. The number of carboxylic acids is 1. The first kappa shape index (κ1) is 11.1. The first-order chi connectivity index (χ1) is 7.68. The van der Waals surface area contributed by atoms with Crippen molar-refractivity contribution in [3.05, 3.63) is 17.3 Å². The molecule has 1 N–H and O–H groups in total. The van der Waals surface area contributed by atoms with Crippen LogP contribution in [0.15, 0.2) is 12.1 Å². The molecule has 86 valence electrons. The van der Waals surface area contributed by atoms with Crippen molar-refractivity contribution in [3.8, 4) is 0 Å². The zero-order chi connectivity index (χ0) is 11.5. The van der Waals surface area contributed by atoms with Gasteiger partial charge in [0.25, 0.3) is 0 Å². The fraction of sp³-hybridized carbons (Fsp3) is 0.500. The Morgan fingerprint density at radius 2 is 2.25 bits per heavy atom. The van der Waals surface area contributed by atoms with Gasteiger partial charge in [0, 0.05) is 6.54 Å². The van der Waals surface area contributed by atoms with E-state index < -0.39 is 12.0 Å². The average Bonchev–Trinajstić information content (AvgIpc) is 2.30. The largest absolute Gasteiger partial charge is 0.480 e. The Kier molecular flexibility index (Phi) is 3.24. The molecule has 0 aliphatic carbocycles. The third kappa shape index (κ3) is 2.24. The van der Waals surface area contributed by atoms with Crippen molar-refractivity contribution in [1.82, 2.24) is 10.2 Å². The van der Waals surface area contributed by atoms with Crippen LogP contribution >= 0.6 is 11.6 Å². The van der Waals surface area contributed by atoms with E-state index in [9.17, 15) is 4.79 Å². The number of carboxylic acid groups (broad SMARTS) is 1. The molecule has 1 fully saturated rings. The van der Waals surface area contributed by atoms with Gasteiger partial charge in [0.1, 0.15) is 6.04 Å². The maximum Gasteiger partial charge on any atom is 0.326 e. The van der Waals surface area contributed by atoms with Crippen molar-refractivity contribution >= 4 is 23.4 Å². The summed E-state index contributed by atoms with van der Waals surface area (Å²) in [5, 5.41) is 17.1. The van der Waals surface area contributed by atoms with E-state index in [1.807, 2.05) is 0 Å². The molecular formula is C10H12ClN3O2. The Hall–Kier alpha value is -1.36. The highest BCUT2D eigenvalue weighted by Gasteiger charge is 2.29. The van der Waals surface area contributed by atoms with Crippen molar-refractivity contribution in [2.24, 2.45) is 0 Å². The molecule has 1 atom stereocenters. The zero-order valence-corrected chi connectivity index (χ0v) is 9.39. The monoisotopic (exact) mass is 241 g/mol. The van der Waals surface area contributed by atoms with E-state index in [0.717, 1.165) is 12.8 Å². The van der Waals surface area contributed by atoms with Crippen LogP contribution in [0.1, 0.15) is 19.3 Å². The number of piperidine rings is 1. The van der Waals surface area contributed by atoms with Gasteiger partial charge in [-0.15, -0.1) is 10.2 Å². The minimum atomic E-state index is -0.809. The van der Waals surface area contributed by atoms with E-state index in [-0.39, 0.29) is 0 Å². The number of rotatable bonds is 2. The fourth-order valence-electron chi connectivity index (χ4n) is 1.92. The maximum absolute atomic E-state index is 11.1. The van der Waals surface area contributed by atoms with Crippen LogP contribution in [0.4, 0.5) is 5.82 Å². The second kappa shape index (κ2) is 4.65. The van der Waals surface area contributed by atoms with Crippen LogP contribution in [0.5, 0.6) is 0 Å². The Morgan fingerprint density at radius 3 is 2.88 bits per heavy atom. The minimum Gasteiger partial charge on any atom is -0.480 e. The summed E-state index contributed by atoms with van der Waals surface area (Å²) in [6, 6.07) is 2.83. The average molecular weight is 242 g/mol. The van der Waals surface area contributed by atoms with Crippen LogP contribution in [-0.2, 0) is 4.79 Å². The lowest BCUT2D eigenvalue weighted by Crippen LogP contribution is -2.45. The molecule has 0 amide bonds. The fourth-order valence-corrected chi connectivity index (χ4v) is 2.03. The predicted octanol–water partition coefficient (Wildman–Crippen LogP) is 1.57. The molecule has 0 saturated carbocycles.